The van der Waals surface area contributed by atoms with Crippen molar-refractivity contribution in [3.8, 4) is 0 Å². The van der Waals surface area contributed by atoms with Crippen LogP contribution in [0.5, 0.6) is 0 Å². The molecule has 3 rings (SSSR count). The summed E-state index contributed by atoms with van der Waals surface area (Å²) in [5.74, 6) is -0.376. The first-order chi connectivity index (χ1) is 13.8. The number of carbonyl (C=O) groups excluding carboxylic acids is 4. The van der Waals surface area contributed by atoms with E-state index in [9.17, 15) is 19.2 Å². The molecule has 0 aromatic heterocycles. The molecule has 0 aromatic carbocycles. The number of hydrogen-bond acceptors (Lipinski definition) is 5. The van der Waals surface area contributed by atoms with Crippen LogP contribution >= 0.6 is 0 Å². The third-order valence-electron chi connectivity index (χ3n) is 6.58. The van der Waals surface area contributed by atoms with Crippen LogP contribution < -0.4 is 0 Å². The Morgan fingerprint density at radius 3 is 2.28 bits per heavy atom. The van der Waals surface area contributed by atoms with E-state index < -0.39 is 5.54 Å². The molecule has 1 saturated carbocycles. The molecule has 0 bridgehead atoms. The lowest BCUT2D eigenvalue weighted by atomic mass is 9.81. The van der Waals surface area contributed by atoms with Crippen molar-refractivity contribution in [2.75, 3.05) is 60.4 Å². The Balaban J connectivity index is 1.59. The topological polar surface area (TPSA) is 84.5 Å². The van der Waals surface area contributed by atoms with Crippen molar-refractivity contribution >= 4 is 23.8 Å². The number of imide groups is 1. The molecule has 0 aromatic rings. The number of urea groups is 1. The molecule has 1 spiro atoms. The van der Waals surface area contributed by atoms with E-state index in [4.69, 9.17) is 0 Å². The summed E-state index contributed by atoms with van der Waals surface area (Å²) < 4.78 is 0. The lowest BCUT2D eigenvalue weighted by Gasteiger charge is -2.35. The lowest BCUT2D eigenvalue weighted by molar-refractivity contribution is -0.140. The second-order valence-electron chi connectivity index (χ2n) is 8.62. The fraction of sp³-hybridized carbons (Fsp3) is 0.800. The highest BCUT2D eigenvalue weighted by Crippen LogP contribution is 2.39. The molecule has 9 heteroatoms. The maximum Gasteiger partial charge on any atom is 0.327 e. The van der Waals surface area contributed by atoms with Gasteiger partial charge in [-0.25, -0.2) is 4.79 Å². The Morgan fingerprint density at radius 2 is 1.62 bits per heavy atom. The molecule has 0 unspecified atom stereocenters. The van der Waals surface area contributed by atoms with Crippen LogP contribution in [-0.4, -0.2) is 114 Å². The van der Waals surface area contributed by atoms with E-state index in [-0.39, 0.29) is 30.3 Å². The molecule has 3 fully saturated rings. The van der Waals surface area contributed by atoms with E-state index in [0.29, 0.717) is 39.0 Å². The van der Waals surface area contributed by atoms with Gasteiger partial charge in [-0.05, 0) is 19.3 Å². The minimum atomic E-state index is -0.752. The second kappa shape index (κ2) is 8.69. The molecule has 162 valence electrons. The molecule has 29 heavy (non-hydrogen) atoms. The van der Waals surface area contributed by atoms with Crippen LogP contribution in [0, 0.1) is 0 Å². The van der Waals surface area contributed by atoms with Gasteiger partial charge in [-0.3, -0.25) is 24.2 Å². The standard InChI is InChI=1S/C20H33N5O4/c1-21(2)16(26)14-23-10-7-11-24(13-12-23)17(27)15-25-18(28)20(22(3)19(25)29)8-5-4-6-9-20/h4-15H2,1-3H3. The first kappa shape index (κ1) is 21.5. The van der Waals surface area contributed by atoms with E-state index in [1.807, 2.05) is 4.90 Å². The highest BCUT2D eigenvalue weighted by Gasteiger charge is 2.56. The highest BCUT2D eigenvalue weighted by molar-refractivity contribution is 6.08. The average molecular weight is 408 g/mol. The summed E-state index contributed by atoms with van der Waals surface area (Å²) >= 11 is 0. The van der Waals surface area contributed by atoms with Crippen molar-refractivity contribution in [3.05, 3.63) is 0 Å². The summed E-state index contributed by atoms with van der Waals surface area (Å²) in [6.45, 7) is 2.57. The monoisotopic (exact) mass is 407 g/mol. The Kier molecular flexibility index (Phi) is 6.45. The molecule has 9 nitrogen and oxygen atoms in total. The predicted molar refractivity (Wildman–Crippen MR) is 107 cm³/mol. The maximum atomic E-state index is 13.1. The maximum absolute atomic E-state index is 13.1. The van der Waals surface area contributed by atoms with Crippen LogP contribution in [-0.2, 0) is 14.4 Å². The summed E-state index contributed by atoms with van der Waals surface area (Å²) in [5.41, 5.74) is -0.752. The van der Waals surface area contributed by atoms with Gasteiger partial charge in [0.05, 0.1) is 6.54 Å². The van der Waals surface area contributed by atoms with E-state index in [0.717, 1.165) is 37.1 Å². The van der Waals surface area contributed by atoms with Crippen LogP contribution in [0.3, 0.4) is 0 Å². The van der Waals surface area contributed by atoms with E-state index in [2.05, 4.69) is 0 Å². The molecule has 5 amide bonds. The van der Waals surface area contributed by atoms with Crippen molar-refractivity contribution in [2.45, 2.75) is 44.1 Å². The van der Waals surface area contributed by atoms with Crippen molar-refractivity contribution in [1.29, 1.82) is 0 Å². The van der Waals surface area contributed by atoms with Gasteiger partial charge in [0.2, 0.25) is 11.8 Å². The molecular weight excluding hydrogens is 374 g/mol. The molecule has 0 radical (unpaired) electrons. The summed E-state index contributed by atoms with van der Waals surface area (Å²) in [7, 11) is 5.15. The van der Waals surface area contributed by atoms with Crippen molar-refractivity contribution in [3.63, 3.8) is 0 Å². The van der Waals surface area contributed by atoms with Crippen LogP contribution in [0.1, 0.15) is 38.5 Å². The summed E-state index contributed by atoms with van der Waals surface area (Å²) in [6.07, 6.45) is 5.06. The van der Waals surface area contributed by atoms with Crippen molar-refractivity contribution < 1.29 is 19.2 Å². The smallest absolute Gasteiger partial charge is 0.327 e. The van der Waals surface area contributed by atoms with Gasteiger partial charge < -0.3 is 14.7 Å². The molecular formula is C20H33N5O4. The summed E-state index contributed by atoms with van der Waals surface area (Å²) in [5, 5.41) is 0. The Hall–Kier alpha value is -2.16. The van der Waals surface area contributed by atoms with E-state index in [1.165, 1.54) is 0 Å². The number of likely N-dealkylation sites (N-methyl/N-ethyl adjacent to an activating group) is 2. The van der Waals surface area contributed by atoms with Gasteiger partial charge in [0.15, 0.2) is 0 Å². The fourth-order valence-corrected chi connectivity index (χ4v) is 4.62. The van der Waals surface area contributed by atoms with Gasteiger partial charge in [-0.2, -0.15) is 0 Å². The highest BCUT2D eigenvalue weighted by atomic mass is 16.2. The van der Waals surface area contributed by atoms with Gasteiger partial charge in [-0.1, -0.05) is 19.3 Å². The minimum Gasteiger partial charge on any atom is -0.348 e. The van der Waals surface area contributed by atoms with Gasteiger partial charge in [0.1, 0.15) is 12.1 Å². The Bertz CT molecular complexity index is 674. The van der Waals surface area contributed by atoms with Crippen LogP contribution in [0.25, 0.3) is 0 Å². The predicted octanol–water partition coefficient (Wildman–Crippen LogP) is 0.206. The second-order valence-corrected chi connectivity index (χ2v) is 8.62. The molecule has 2 aliphatic heterocycles. The first-order valence-electron chi connectivity index (χ1n) is 10.6. The van der Waals surface area contributed by atoms with Gasteiger partial charge >= 0.3 is 6.03 Å². The zero-order valence-electron chi connectivity index (χ0n) is 17.9. The average Bonchev–Trinajstić information content (AvgIpc) is 2.89. The van der Waals surface area contributed by atoms with Gasteiger partial charge in [-0.15, -0.1) is 0 Å². The Morgan fingerprint density at radius 1 is 0.931 bits per heavy atom. The molecule has 3 aliphatic rings. The van der Waals surface area contributed by atoms with Crippen LogP contribution in [0.2, 0.25) is 0 Å². The number of hydrogen-bond donors (Lipinski definition) is 0. The summed E-state index contributed by atoms with van der Waals surface area (Å²) in [4.78, 5) is 58.6. The van der Waals surface area contributed by atoms with E-state index >= 15 is 0 Å². The number of rotatable bonds is 4. The van der Waals surface area contributed by atoms with Gasteiger partial charge in [0.25, 0.3) is 5.91 Å². The number of amides is 5. The Labute approximate surface area is 172 Å². The SMILES string of the molecule is CN(C)C(=O)CN1CCCN(C(=O)CN2C(=O)N(C)C3(CCCCC3)C2=O)CC1. The molecule has 0 atom stereocenters. The molecule has 2 heterocycles. The first-order valence-corrected chi connectivity index (χ1v) is 10.6. The third-order valence-corrected chi connectivity index (χ3v) is 6.58. The normalized spacial score (nSPS) is 22.9. The minimum absolute atomic E-state index is 0.0406. The van der Waals surface area contributed by atoms with Crippen molar-refractivity contribution in [2.24, 2.45) is 0 Å². The molecule has 0 N–H and O–H groups in total. The van der Waals surface area contributed by atoms with Crippen molar-refractivity contribution in [1.82, 2.24) is 24.5 Å². The zero-order valence-corrected chi connectivity index (χ0v) is 17.9. The quantitative estimate of drug-likeness (QED) is 0.622. The lowest BCUT2D eigenvalue weighted by Crippen LogP contribution is -2.49. The zero-order chi connectivity index (χ0) is 21.2. The van der Waals surface area contributed by atoms with Gasteiger partial charge in [0, 0.05) is 47.3 Å². The largest absolute Gasteiger partial charge is 0.348 e. The summed E-state index contributed by atoms with van der Waals surface area (Å²) in [6, 6.07) is -0.363. The molecule has 1 aliphatic carbocycles. The third kappa shape index (κ3) is 4.24. The number of carbonyl (C=O) groups is 4. The molecule has 2 saturated heterocycles. The van der Waals surface area contributed by atoms with E-state index in [1.54, 1.807) is 35.8 Å². The van der Waals surface area contributed by atoms with Crippen LogP contribution in [0.4, 0.5) is 4.79 Å². The number of nitrogens with zero attached hydrogens (tertiary/aromatic N) is 5. The fourth-order valence-electron chi connectivity index (χ4n) is 4.62. The van der Waals surface area contributed by atoms with Crippen LogP contribution in [0.15, 0.2) is 0 Å².